The van der Waals surface area contributed by atoms with Crippen molar-refractivity contribution in [1.29, 1.82) is 0 Å². The zero-order valence-corrected chi connectivity index (χ0v) is 12.1. The smallest absolute Gasteiger partial charge is 0.409 e. The van der Waals surface area contributed by atoms with Crippen molar-refractivity contribution in [2.45, 2.75) is 65.2 Å². The van der Waals surface area contributed by atoms with Crippen LogP contribution in [0.1, 0.15) is 53.4 Å². The summed E-state index contributed by atoms with van der Waals surface area (Å²) in [7, 11) is 0. The van der Waals surface area contributed by atoms with Crippen molar-refractivity contribution >= 4 is 6.09 Å². The summed E-state index contributed by atoms with van der Waals surface area (Å²) in [6.07, 6.45) is 5.01. The van der Waals surface area contributed by atoms with E-state index in [0.29, 0.717) is 6.61 Å². The van der Waals surface area contributed by atoms with E-state index < -0.39 is 11.7 Å². The van der Waals surface area contributed by atoms with Crippen LogP contribution in [0, 0.1) is 0 Å². The zero-order valence-electron chi connectivity index (χ0n) is 12.1. The Morgan fingerprint density at radius 3 is 2.56 bits per heavy atom. The van der Waals surface area contributed by atoms with E-state index >= 15 is 0 Å². The van der Waals surface area contributed by atoms with Crippen molar-refractivity contribution in [2.24, 2.45) is 0 Å². The minimum absolute atomic E-state index is 0.301. The molecule has 0 aromatic heterocycles. The fourth-order valence-corrected chi connectivity index (χ4v) is 1.40. The van der Waals surface area contributed by atoms with Gasteiger partial charge in [-0.25, -0.2) is 4.79 Å². The van der Waals surface area contributed by atoms with Crippen molar-refractivity contribution in [3.63, 3.8) is 0 Å². The van der Waals surface area contributed by atoms with Crippen LogP contribution in [0.2, 0.25) is 0 Å². The molecule has 0 aromatic carbocycles. The van der Waals surface area contributed by atoms with Crippen LogP contribution in [0.3, 0.4) is 0 Å². The normalized spacial score (nSPS) is 12.9. The molecule has 0 aliphatic heterocycles. The van der Waals surface area contributed by atoms with E-state index in [1.54, 1.807) is 6.08 Å². The van der Waals surface area contributed by atoms with Gasteiger partial charge in [0.25, 0.3) is 0 Å². The number of unbranched alkanes of at least 4 members (excludes halogenated alkanes) is 2. The number of carbonyl (C=O) groups excluding carboxylic acids is 1. The molecular formula is C14H27NO3. The predicted molar refractivity (Wildman–Crippen MR) is 73.4 cm³/mol. The highest BCUT2D eigenvalue weighted by atomic mass is 16.6. The summed E-state index contributed by atoms with van der Waals surface area (Å²) in [5.41, 5.74) is -0.490. The Labute approximate surface area is 111 Å². The standard InChI is InChI=1S/C14H27NO3/c1-6-8-9-10-12(17-11-7-2)15-13(16)18-14(3,4)5/h7,12H,2,6,8-11H2,1,3-5H3,(H,15,16). The van der Waals surface area contributed by atoms with Crippen molar-refractivity contribution in [3.8, 4) is 0 Å². The first kappa shape index (κ1) is 17.0. The highest BCUT2D eigenvalue weighted by Gasteiger charge is 2.19. The van der Waals surface area contributed by atoms with Crippen molar-refractivity contribution < 1.29 is 14.3 Å². The maximum Gasteiger partial charge on any atom is 0.409 e. The summed E-state index contributed by atoms with van der Waals surface area (Å²) < 4.78 is 10.7. The highest BCUT2D eigenvalue weighted by molar-refractivity contribution is 5.67. The number of hydrogen-bond donors (Lipinski definition) is 1. The minimum Gasteiger partial charge on any atom is -0.444 e. The van der Waals surface area contributed by atoms with E-state index in [9.17, 15) is 4.79 Å². The quantitative estimate of drug-likeness (QED) is 0.410. The first-order chi connectivity index (χ1) is 8.39. The SMILES string of the molecule is C=CCOC(CCCCC)NC(=O)OC(C)(C)C. The Balaban J connectivity index is 4.12. The number of rotatable bonds is 8. The van der Waals surface area contributed by atoms with Crippen LogP contribution in [0.5, 0.6) is 0 Å². The molecule has 0 aliphatic rings. The lowest BCUT2D eigenvalue weighted by molar-refractivity contribution is 0.0110. The molecule has 0 heterocycles. The van der Waals surface area contributed by atoms with Crippen LogP contribution in [0.25, 0.3) is 0 Å². The fraction of sp³-hybridized carbons (Fsp3) is 0.786. The summed E-state index contributed by atoms with van der Waals surface area (Å²) in [5, 5.41) is 2.74. The van der Waals surface area contributed by atoms with E-state index in [2.05, 4.69) is 18.8 Å². The third kappa shape index (κ3) is 10.1. The van der Waals surface area contributed by atoms with Crippen molar-refractivity contribution in [2.75, 3.05) is 6.61 Å². The second-order valence-corrected chi connectivity index (χ2v) is 5.25. The average Bonchev–Trinajstić information content (AvgIpc) is 2.23. The van der Waals surface area contributed by atoms with Crippen LogP contribution < -0.4 is 5.32 Å². The van der Waals surface area contributed by atoms with Gasteiger partial charge in [-0.05, 0) is 33.6 Å². The van der Waals surface area contributed by atoms with Gasteiger partial charge < -0.3 is 9.47 Å². The number of nitrogens with one attached hydrogen (secondary N) is 1. The molecule has 0 bridgehead atoms. The summed E-state index contributed by atoms with van der Waals surface area (Å²) in [5.74, 6) is 0. The molecule has 4 nitrogen and oxygen atoms in total. The number of amides is 1. The van der Waals surface area contributed by atoms with Crippen LogP contribution in [-0.2, 0) is 9.47 Å². The van der Waals surface area contributed by atoms with Crippen LogP contribution in [0.4, 0.5) is 4.79 Å². The molecule has 1 unspecified atom stereocenters. The molecule has 0 saturated carbocycles. The molecule has 1 atom stereocenters. The topological polar surface area (TPSA) is 47.6 Å². The lowest BCUT2D eigenvalue weighted by Gasteiger charge is -2.23. The van der Waals surface area contributed by atoms with E-state index in [1.807, 2.05) is 20.8 Å². The van der Waals surface area contributed by atoms with Gasteiger partial charge in [0.1, 0.15) is 11.8 Å². The van der Waals surface area contributed by atoms with Gasteiger partial charge in [-0.15, -0.1) is 6.58 Å². The van der Waals surface area contributed by atoms with Gasteiger partial charge in [-0.3, -0.25) is 5.32 Å². The summed E-state index contributed by atoms with van der Waals surface area (Å²) in [6, 6.07) is 0. The first-order valence-electron chi connectivity index (χ1n) is 6.61. The number of carbonyl (C=O) groups is 1. The lowest BCUT2D eigenvalue weighted by atomic mass is 10.2. The van der Waals surface area contributed by atoms with E-state index in [-0.39, 0.29) is 6.23 Å². The van der Waals surface area contributed by atoms with Crippen LogP contribution >= 0.6 is 0 Å². The zero-order chi connectivity index (χ0) is 14.0. The van der Waals surface area contributed by atoms with Gasteiger partial charge in [0.15, 0.2) is 0 Å². The molecule has 0 spiro atoms. The van der Waals surface area contributed by atoms with Gasteiger partial charge in [-0.2, -0.15) is 0 Å². The van der Waals surface area contributed by atoms with Crippen molar-refractivity contribution in [1.82, 2.24) is 5.32 Å². The Morgan fingerprint density at radius 1 is 1.39 bits per heavy atom. The molecule has 4 heteroatoms. The summed E-state index contributed by atoms with van der Waals surface area (Å²) >= 11 is 0. The molecule has 1 N–H and O–H groups in total. The summed E-state index contributed by atoms with van der Waals surface area (Å²) in [6.45, 7) is 11.7. The highest BCUT2D eigenvalue weighted by Crippen LogP contribution is 2.09. The first-order valence-corrected chi connectivity index (χ1v) is 6.61. The molecule has 0 aliphatic carbocycles. The van der Waals surface area contributed by atoms with Gasteiger partial charge in [0.2, 0.25) is 0 Å². The Hall–Kier alpha value is -1.03. The molecule has 0 aromatic rings. The third-order valence-corrected chi connectivity index (χ3v) is 2.16. The monoisotopic (exact) mass is 257 g/mol. The van der Waals surface area contributed by atoms with E-state index in [0.717, 1.165) is 25.7 Å². The Morgan fingerprint density at radius 2 is 2.06 bits per heavy atom. The lowest BCUT2D eigenvalue weighted by Crippen LogP contribution is -2.40. The van der Waals surface area contributed by atoms with E-state index in [1.165, 1.54) is 0 Å². The van der Waals surface area contributed by atoms with Gasteiger partial charge in [-0.1, -0.05) is 25.8 Å². The summed E-state index contributed by atoms with van der Waals surface area (Å²) in [4.78, 5) is 11.6. The minimum atomic E-state index is -0.490. The van der Waals surface area contributed by atoms with Gasteiger partial charge in [0.05, 0.1) is 6.61 Å². The third-order valence-electron chi connectivity index (χ3n) is 2.16. The fourth-order valence-electron chi connectivity index (χ4n) is 1.40. The molecular weight excluding hydrogens is 230 g/mol. The Kier molecular flexibility index (Phi) is 8.46. The second-order valence-electron chi connectivity index (χ2n) is 5.25. The van der Waals surface area contributed by atoms with Crippen LogP contribution in [0.15, 0.2) is 12.7 Å². The van der Waals surface area contributed by atoms with Gasteiger partial charge in [0, 0.05) is 0 Å². The molecule has 0 rings (SSSR count). The maximum atomic E-state index is 11.6. The molecule has 0 radical (unpaired) electrons. The van der Waals surface area contributed by atoms with Crippen LogP contribution in [-0.4, -0.2) is 24.5 Å². The molecule has 1 amide bonds. The molecule has 18 heavy (non-hydrogen) atoms. The number of ether oxygens (including phenoxy) is 2. The largest absolute Gasteiger partial charge is 0.444 e. The molecule has 0 fully saturated rings. The second kappa shape index (κ2) is 8.97. The molecule has 106 valence electrons. The number of alkyl carbamates (subject to hydrolysis) is 1. The average molecular weight is 257 g/mol. The van der Waals surface area contributed by atoms with Gasteiger partial charge >= 0.3 is 6.09 Å². The maximum absolute atomic E-state index is 11.6. The molecule has 0 saturated heterocycles. The Bertz CT molecular complexity index is 246. The van der Waals surface area contributed by atoms with Crippen molar-refractivity contribution in [3.05, 3.63) is 12.7 Å². The van der Waals surface area contributed by atoms with E-state index in [4.69, 9.17) is 9.47 Å². The number of hydrogen-bond acceptors (Lipinski definition) is 3. The predicted octanol–water partition coefficient (Wildman–Crippen LogP) is 3.62.